The van der Waals surface area contributed by atoms with Crippen LogP contribution in [-0.4, -0.2) is 9.78 Å². The maximum atomic E-state index is 12.2. The van der Waals surface area contributed by atoms with E-state index in [0.717, 1.165) is 0 Å². The minimum absolute atomic E-state index is 0.289. The van der Waals surface area contributed by atoms with Gasteiger partial charge in [-0.05, 0) is 6.92 Å². The molecule has 1 rings (SSSR count). The topological polar surface area (TPSA) is 17.8 Å². The highest BCUT2D eigenvalue weighted by atomic mass is 19.1. The molecule has 0 bridgehead atoms. The number of halogens is 1. The SMILES string of the molecule is CC.Cc1cc(F)n(C)n1. The molecule has 2 nitrogen and oxygen atoms in total. The zero-order valence-electron chi connectivity index (χ0n) is 6.85. The molecule has 0 radical (unpaired) electrons. The lowest BCUT2D eigenvalue weighted by Gasteiger charge is -1.83. The second kappa shape index (κ2) is 4.04. The van der Waals surface area contributed by atoms with Crippen molar-refractivity contribution in [3.05, 3.63) is 17.7 Å². The van der Waals surface area contributed by atoms with Gasteiger partial charge in [0.1, 0.15) is 0 Å². The van der Waals surface area contributed by atoms with E-state index in [1.807, 2.05) is 13.8 Å². The number of rotatable bonds is 0. The van der Waals surface area contributed by atoms with Crippen molar-refractivity contribution in [2.24, 2.45) is 7.05 Å². The van der Waals surface area contributed by atoms with E-state index in [4.69, 9.17) is 0 Å². The Labute approximate surface area is 60.7 Å². The van der Waals surface area contributed by atoms with Crippen molar-refractivity contribution in [3.63, 3.8) is 0 Å². The highest BCUT2D eigenvalue weighted by Crippen LogP contribution is 1.96. The largest absolute Gasteiger partial charge is 0.242 e. The van der Waals surface area contributed by atoms with Crippen molar-refractivity contribution in [1.29, 1.82) is 0 Å². The summed E-state index contributed by atoms with van der Waals surface area (Å²) in [5, 5.41) is 3.75. The van der Waals surface area contributed by atoms with Gasteiger partial charge in [-0.2, -0.15) is 9.49 Å². The summed E-state index contributed by atoms with van der Waals surface area (Å²) in [6.45, 7) is 5.75. The van der Waals surface area contributed by atoms with Gasteiger partial charge in [0.05, 0.1) is 5.69 Å². The van der Waals surface area contributed by atoms with E-state index in [9.17, 15) is 4.39 Å². The Kier molecular flexibility index (Phi) is 3.69. The quantitative estimate of drug-likeness (QED) is 0.543. The van der Waals surface area contributed by atoms with Crippen LogP contribution in [0, 0.1) is 12.9 Å². The molecule has 0 aliphatic rings. The lowest BCUT2D eigenvalue weighted by atomic mass is 10.5. The van der Waals surface area contributed by atoms with E-state index >= 15 is 0 Å². The summed E-state index contributed by atoms with van der Waals surface area (Å²) < 4.78 is 13.4. The normalized spacial score (nSPS) is 8.50. The van der Waals surface area contributed by atoms with Gasteiger partial charge in [-0.25, -0.2) is 4.68 Å². The molecule has 0 aliphatic heterocycles. The highest BCUT2D eigenvalue weighted by Gasteiger charge is 1.95. The van der Waals surface area contributed by atoms with Gasteiger partial charge in [-0.3, -0.25) is 0 Å². The molecule has 0 fully saturated rings. The minimum Gasteiger partial charge on any atom is -0.242 e. The standard InChI is InChI=1S/C5H7FN2.C2H6/c1-4-3-5(6)8(2)7-4;1-2/h3H,1-2H3;1-2H3. The molecular formula is C7H13FN2. The van der Waals surface area contributed by atoms with Crippen LogP contribution in [0.3, 0.4) is 0 Å². The van der Waals surface area contributed by atoms with Crippen molar-refractivity contribution < 1.29 is 4.39 Å². The first-order valence-corrected chi connectivity index (χ1v) is 3.36. The monoisotopic (exact) mass is 144 g/mol. The molecular weight excluding hydrogens is 131 g/mol. The van der Waals surface area contributed by atoms with Gasteiger partial charge in [0.2, 0.25) is 5.95 Å². The maximum Gasteiger partial charge on any atom is 0.211 e. The van der Waals surface area contributed by atoms with Crippen LogP contribution in [0.25, 0.3) is 0 Å². The molecule has 58 valence electrons. The van der Waals surface area contributed by atoms with Crippen LogP contribution in [0.15, 0.2) is 6.07 Å². The molecule has 0 atom stereocenters. The van der Waals surface area contributed by atoms with Crippen LogP contribution in [0.2, 0.25) is 0 Å². The van der Waals surface area contributed by atoms with E-state index in [2.05, 4.69) is 5.10 Å². The molecule has 10 heavy (non-hydrogen) atoms. The van der Waals surface area contributed by atoms with Gasteiger partial charge < -0.3 is 0 Å². The Morgan fingerprint density at radius 3 is 2.10 bits per heavy atom. The maximum absolute atomic E-state index is 12.2. The molecule has 3 heteroatoms. The number of aryl methyl sites for hydroxylation is 2. The van der Waals surface area contributed by atoms with Crippen LogP contribution in [0.4, 0.5) is 4.39 Å². The second-order valence-electron chi connectivity index (χ2n) is 1.73. The molecule has 1 heterocycles. The average molecular weight is 144 g/mol. The lowest BCUT2D eigenvalue weighted by molar-refractivity contribution is 0.503. The number of hydrogen-bond donors (Lipinski definition) is 0. The van der Waals surface area contributed by atoms with Crippen LogP contribution in [-0.2, 0) is 7.05 Å². The van der Waals surface area contributed by atoms with Crippen molar-refractivity contribution in [2.75, 3.05) is 0 Å². The van der Waals surface area contributed by atoms with E-state index in [1.54, 1.807) is 14.0 Å². The van der Waals surface area contributed by atoms with Gasteiger partial charge in [0.15, 0.2) is 0 Å². The first kappa shape index (κ1) is 9.14. The first-order chi connectivity index (χ1) is 4.70. The highest BCUT2D eigenvalue weighted by molar-refractivity contribution is 4.96. The molecule has 0 aromatic carbocycles. The van der Waals surface area contributed by atoms with Gasteiger partial charge in [0, 0.05) is 13.1 Å². The second-order valence-corrected chi connectivity index (χ2v) is 1.73. The molecule has 0 N–H and O–H groups in total. The van der Waals surface area contributed by atoms with Crippen molar-refractivity contribution in [3.8, 4) is 0 Å². The Hall–Kier alpha value is -0.860. The van der Waals surface area contributed by atoms with Crippen LogP contribution < -0.4 is 0 Å². The van der Waals surface area contributed by atoms with E-state index in [0.29, 0.717) is 5.69 Å². The summed E-state index contributed by atoms with van der Waals surface area (Å²) in [6, 6.07) is 1.39. The molecule has 0 saturated heterocycles. The molecule has 1 aromatic heterocycles. The molecule has 1 aromatic rings. The van der Waals surface area contributed by atoms with Crippen molar-refractivity contribution >= 4 is 0 Å². The Morgan fingerprint density at radius 1 is 1.50 bits per heavy atom. The van der Waals surface area contributed by atoms with Crippen LogP contribution in [0.5, 0.6) is 0 Å². The van der Waals surface area contributed by atoms with E-state index in [-0.39, 0.29) is 5.95 Å². The summed E-state index contributed by atoms with van der Waals surface area (Å²) in [5.74, 6) is -0.289. The zero-order chi connectivity index (χ0) is 8.15. The summed E-state index contributed by atoms with van der Waals surface area (Å²) in [5.41, 5.74) is 0.713. The Morgan fingerprint density at radius 2 is 2.00 bits per heavy atom. The van der Waals surface area contributed by atoms with Gasteiger partial charge in [-0.15, -0.1) is 0 Å². The zero-order valence-corrected chi connectivity index (χ0v) is 6.85. The summed E-state index contributed by atoms with van der Waals surface area (Å²) >= 11 is 0. The van der Waals surface area contributed by atoms with Crippen molar-refractivity contribution in [1.82, 2.24) is 9.78 Å². The third kappa shape index (κ3) is 2.17. The smallest absolute Gasteiger partial charge is 0.211 e. The Bertz CT molecular complexity index is 174. The molecule has 0 spiro atoms. The van der Waals surface area contributed by atoms with Gasteiger partial charge in [-0.1, -0.05) is 13.8 Å². The molecule has 0 unspecified atom stereocenters. The number of nitrogens with zero attached hydrogens (tertiary/aromatic N) is 2. The lowest BCUT2D eigenvalue weighted by Crippen LogP contribution is -1.92. The predicted molar refractivity (Wildman–Crippen MR) is 39.3 cm³/mol. The van der Waals surface area contributed by atoms with Gasteiger partial charge in [0.25, 0.3) is 0 Å². The Balaban J connectivity index is 0.000000371. The predicted octanol–water partition coefficient (Wildman–Crippen LogP) is 1.89. The fraction of sp³-hybridized carbons (Fsp3) is 0.571. The third-order valence-electron chi connectivity index (χ3n) is 0.945. The fourth-order valence-electron chi connectivity index (χ4n) is 0.579. The van der Waals surface area contributed by atoms with E-state index in [1.165, 1.54) is 10.7 Å². The van der Waals surface area contributed by atoms with Crippen LogP contribution in [0.1, 0.15) is 19.5 Å². The third-order valence-corrected chi connectivity index (χ3v) is 0.945. The fourth-order valence-corrected chi connectivity index (χ4v) is 0.579. The molecule has 0 aliphatic carbocycles. The number of hydrogen-bond acceptors (Lipinski definition) is 1. The molecule has 0 saturated carbocycles. The number of aromatic nitrogens is 2. The van der Waals surface area contributed by atoms with E-state index < -0.39 is 0 Å². The van der Waals surface area contributed by atoms with Gasteiger partial charge >= 0.3 is 0 Å². The minimum atomic E-state index is -0.289. The summed E-state index contributed by atoms with van der Waals surface area (Å²) in [6.07, 6.45) is 0. The van der Waals surface area contributed by atoms with Crippen LogP contribution >= 0.6 is 0 Å². The molecule has 0 amide bonds. The average Bonchev–Trinajstić information content (AvgIpc) is 2.16. The summed E-state index contributed by atoms with van der Waals surface area (Å²) in [4.78, 5) is 0. The van der Waals surface area contributed by atoms with Crippen molar-refractivity contribution in [2.45, 2.75) is 20.8 Å². The first-order valence-electron chi connectivity index (χ1n) is 3.36. The summed E-state index contributed by atoms with van der Waals surface area (Å²) in [7, 11) is 1.57.